The van der Waals surface area contributed by atoms with Crippen LogP contribution in [0.25, 0.3) is 0 Å². The van der Waals surface area contributed by atoms with Gasteiger partial charge in [-0.25, -0.2) is 0 Å². The number of anilines is 1. The molecule has 0 aliphatic heterocycles. The second-order valence-corrected chi connectivity index (χ2v) is 5.92. The number of hydrogen-bond donors (Lipinski definition) is 2. The molecule has 1 aromatic carbocycles. The summed E-state index contributed by atoms with van der Waals surface area (Å²) in [7, 11) is 0. The van der Waals surface area contributed by atoms with Gasteiger partial charge in [0.25, 0.3) is 11.8 Å². The number of amides is 2. The van der Waals surface area contributed by atoms with Crippen LogP contribution in [0.15, 0.2) is 67.3 Å². The van der Waals surface area contributed by atoms with Crippen molar-refractivity contribution in [1.82, 2.24) is 15.3 Å². The number of benzene rings is 1. The lowest BCUT2D eigenvalue weighted by atomic mass is 10.1. The van der Waals surface area contributed by atoms with Crippen LogP contribution < -0.4 is 15.4 Å². The van der Waals surface area contributed by atoms with Crippen molar-refractivity contribution in [2.24, 2.45) is 0 Å². The first-order valence-corrected chi connectivity index (χ1v) is 8.82. The van der Waals surface area contributed by atoms with Gasteiger partial charge in [-0.05, 0) is 48.9 Å². The fourth-order valence-corrected chi connectivity index (χ4v) is 2.48. The Labute approximate surface area is 162 Å². The van der Waals surface area contributed by atoms with Gasteiger partial charge in [-0.1, -0.05) is 6.07 Å². The van der Waals surface area contributed by atoms with E-state index in [1.807, 2.05) is 13.0 Å². The molecule has 2 N–H and O–H groups in total. The first-order valence-electron chi connectivity index (χ1n) is 8.82. The van der Waals surface area contributed by atoms with Crippen molar-refractivity contribution in [3.05, 3.63) is 83.9 Å². The third kappa shape index (κ3) is 5.14. The van der Waals surface area contributed by atoms with Crippen molar-refractivity contribution in [3.8, 4) is 5.75 Å². The van der Waals surface area contributed by atoms with E-state index in [0.29, 0.717) is 30.0 Å². The van der Waals surface area contributed by atoms with Crippen LogP contribution in [0.4, 0.5) is 5.69 Å². The molecular formula is C21H20N4O3. The minimum Gasteiger partial charge on any atom is -0.494 e. The number of carbonyl (C=O) groups is 2. The summed E-state index contributed by atoms with van der Waals surface area (Å²) in [4.78, 5) is 32.8. The minimum absolute atomic E-state index is 0.294. The number of nitrogens with one attached hydrogen (secondary N) is 2. The molecule has 0 unspecified atom stereocenters. The van der Waals surface area contributed by atoms with Gasteiger partial charge in [0.2, 0.25) is 0 Å². The molecular weight excluding hydrogens is 356 g/mol. The summed E-state index contributed by atoms with van der Waals surface area (Å²) in [6, 6.07) is 12.2. The van der Waals surface area contributed by atoms with Gasteiger partial charge in [-0.2, -0.15) is 0 Å². The molecule has 0 fully saturated rings. The molecule has 0 radical (unpaired) electrons. The first-order chi connectivity index (χ1) is 13.7. The average Bonchev–Trinajstić information content (AvgIpc) is 2.74. The van der Waals surface area contributed by atoms with Crippen LogP contribution >= 0.6 is 0 Å². The molecule has 28 heavy (non-hydrogen) atoms. The third-order valence-electron chi connectivity index (χ3n) is 3.86. The molecule has 2 aromatic heterocycles. The van der Waals surface area contributed by atoms with Crippen molar-refractivity contribution < 1.29 is 14.3 Å². The molecule has 0 bridgehead atoms. The van der Waals surface area contributed by atoms with Gasteiger partial charge in [0, 0.05) is 37.0 Å². The van der Waals surface area contributed by atoms with Crippen LogP contribution in [0.5, 0.6) is 5.75 Å². The monoisotopic (exact) mass is 376 g/mol. The molecule has 7 heteroatoms. The fourth-order valence-electron chi connectivity index (χ4n) is 2.48. The zero-order valence-corrected chi connectivity index (χ0v) is 15.4. The predicted molar refractivity (Wildman–Crippen MR) is 105 cm³/mol. The normalized spacial score (nSPS) is 10.2. The molecule has 0 spiro atoms. The summed E-state index contributed by atoms with van der Waals surface area (Å²) < 4.78 is 5.38. The summed E-state index contributed by atoms with van der Waals surface area (Å²) >= 11 is 0. The van der Waals surface area contributed by atoms with E-state index in [2.05, 4.69) is 20.6 Å². The van der Waals surface area contributed by atoms with Gasteiger partial charge in [0.15, 0.2) is 0 Å². The zero-order valence-electron chi connectivity index (χ0n) is 15.4. The lowest BCUT2D eigenvalue weighted by Gasteiger charge is -2.08. The van der Waals surface area contributed by atoms with Gasteiger partial charge in [0.1, 0.15) is 5.75 Å². The van der Waals surface area contributed by atoms with Crippen molar-refractivity contribution in [1.29, 1.82) is 0 Å². The highest BCUT2D eigenvalue weighted by Gasteiger charge is 2.12. The molecule has 0 saturated carbocycles. The maximum atomic E-state index is 12.5. The Morgan fingerprint density at radius 2 is 1.71 bits per heavy atom. The second kappa shape index (κ2) is 9.27. The first kappa shape index (κ1) is 19.0. The highest BCUT2D eigenvalue weighted by Crippen LogP contribution is 2.16. The highest BCUT2D eigenvalue weighted by atomic mass is 16.5. The summed E-state index contributed by atoms with van der Waals surface area (Å²) in [5, 5.41) is 5.56. The van der Waals surface area contributed by atoms with Crippen LogP contribution in [-0.2, 0) is 6.54 Å². The second-order valence-electron chi connectivity index (χ2n) is 5.92. The number of aromatic nitrogens is 2. The SMILES string of the molecule is CCOc1ccc(NC(=O)c2cncc(C(=O)NCc3cccnc3)c2)cc1. The lowest BCUT2D eigenvalue weighted by molar-refractivity contribution is 0.0950. The van der Waals surface area contributed by atoms with Crippen molar-refractivity contribution in [2.45, 2.75) is 13.5 Å². The maximum Gasteiger partial charge on any atom is 0.257 e. The zero-order chi connectivity index (χ0) is 19.8. The standard InChI is InChI=1S/C21H20N4O3/c1-2-28-19-7-5-18(6-8-19)25-21(27)17-10-16(13-23-14-17)20(26)24-12-15-4-3-9-22-11-15/h3-11,13-14H,2,12H2,1H3,(H,24,26)(H,25,27). The van der Waals surface area contributed by atoms with Crippen LogP contribution in [0.1, 0.15) is 33.2 Å². The van der Waals surface area contributed by atoms with E-state index in [0.717, 1.165) is 11.3 Å². The molecule has 2 heterocycles. The smallest absolute Gasteiger partial charge is 0.257 e. The van der Waals surface area contributed by atoms with Gasteiger partial charge in [-0.15, -0.1) is 0 Å². The lowest BCUT2D eigenvalue weighted by Crippen LogP contribution is -2.23. The number of pyridine rings is 2. The van der Waals surface area contributed by atoms with E-state index in [-0.39, 0.29) is 11.8 Å². The Morgan fingerprint density at radius 3 is 2.39 bits per heavy atom. The topological polar surface area (TPSA) is 93.2 Å². The minimum atomic E-state index is -0.349. The molecule has 7 nitrogen and oxygen atoms in total. The average molecular weight is 376 g/mol. The molecule has 0 aliphatic carbocycles. The van der Waals surface area contributed by atoms with Crippen LogP contribution in [-0.4, -0.2) is 28.4 Å². The fraction of sp³-hybridized carbons (Fsp3) is 0.143. The number of carbonyl (C=O) groups excluding carboxylic acids is 2. The van der Waals surface area contributed by atoms with E-state index < -0.39 is 0 Å². The van der Waals surface area contributed by atoms with Gasteiger partial charge < -0.3 is 15.4 Å². The van der Waals surface area contributed by atoms with Gasteiger partial charge >= 0.3 is 0 Å². The van der Waals surface area contributed by atoms with Crippen LogP contribution in [0, 0.1) is 0 Å². The molecule has 3 rings (SSSR count). The Hall–Kier alpha value is -3.74. The quantitative estimate of drug-likeness (QED) is 0.661. The van der Waals surface area contributed by atoms with E-state index >= 15 is 0 Å². The van der Waals surface area contributed by atoms with E-state index in [1.54, 1.807) is 42.7 Å². The summed E-state index contributed by atoms with van der Waals surface area (Å²) in [6.45, 7) is 2.82. The Balaban J connectivity index is 1.63. The number of rotatable bonds is 7. The number of hydrogen-bond acceptors (Lipinski definition) is 5. The molecule has 0 saturated heterocycles. The van der Waals surface area contributed by atoms with Crippen molar-refractivity contribution >= 4 is 17.5 Å². The van der Waals surface area contributed by atoms with Crippen molar-refractivity contribution in [3.63, 3.8) is 0 Å². The van der Waals surface area contributed by atoms with E-state index in [1.165, 1.54) is 18.5 Å². The Kier molecular flexibility index (Phi) is 6.30. The Morgan fingerprint density at radius 1 is 0.964 bits per heavy atom. The van der Waals surface area contributed by atoms with Gasteiger partial charge in [-0.3, -0.25) is 19.6 Å². The number of ether oxygens (including phenoxy) is 1. The largest absolute Gasteiger partial charge is 0.494 e. The highest BCUT2D eigenvalue weighted by molar-refractivity contribution is 6.05. The number of nitrogens with zero attached hydrogens (tertiary/aromatic N) is 2. The summed E-state index contributed by atoms with van der Waals surface area (Å²) in [5.41, 5.74) is 2.11. The van der Waals surface area contributed by atoms with Crippen molar-refractivity contribution in [2.75, 3.05) is 11.9 Å². The van der Waals surface area contributed by atoms with Crippen LogP contribution in [0.2, 0.25) is 0 Å². The van der Waals surface area contributed by atoms with Gasteiger partial charge in [0.05, 0.1) is 17.7 Å². The Bertz CT molecular complexity index is 943. The third-order valence-corrected chi connectivity index (χ3v) is 3.86. The molecule has 0 atom stereocenters. The van der Waals surface area contributed by atoms with Crippen LogP contribution in [0.3, 0.4) is 0 Å². The summed E-state index contributed by atoms with van der Waals surface area (Å²) in [5.74, 6) is 0.0695. The van der Waals surface area contributed by atoms with E-state index in [4.69, 9.17) is 4.74 Å². The maximum absolute atomic E-state index is 12.5. The molecule has 142 valence electrons. The predicted octanol–water partition coefficient (Wildman–Crippen LogP) is 3.06. The van der Waals surface area contributed by atoms with E-state index in [9.17, 15) is 9.59 Å². The molecule has 0 aliphatic rings. The summed E-state index contributed by atoms with van der Waals surface area (Å²) in [6.07, 6.45) is 6.19. The molecule has 2 amide bonds. The molecule has 3 aromatic rings.